The Labute approximate surface area is 78.7 Å². The molecule has 0 aliphatic carbocycles. The molecule has 0 aromatic rings. The summed E-state index contributed by atoms with van der Waals surface area (Å²) in [5.74, 6) is 7.38. The molecule has 0 atom stereocenters. The summed E-state index contributed by atoms with van der Waals surface area (Å²) in [4.78, 5) is 21.8. The van der Waals surface area contributed by atoms with Gasteiger partial charge in [0.1, 0.15) is 23.3 Å². The van der Waals surface area contributed by atoms with E-state index in [1.165, 1.54) is 12.1 Å². The second-order valence-electron chi connectivity index (χ2n) is 1.92. The van der Waals surface area contributed by atoms with Gasteiger partial charge in [-0.05, 0) is 0 Å². The van der Waals surface area contributed by atoms with E-state index in [9.17, 15) is 9.59 Å². The molecule has 0 rings (SSSR count). The molecular formula is C6H6N6O2. The molecule has 14 heavy (non-hydrogen) atoms. The Bertz CT molecular complexity index is 335. The van der Waals surface area contributed by atoms with Crippen LogP contribution < -0.4 is 22.5 Å². The number of hydrazine groups is 2. The Morgan fingerprint density at radius 1 is 0.929 bits per heavy atom. The maximum Gasteiger partial charge on any atom is 0.277 e. The SMILES string of the molecule is N#CC(C(=O)NN)=C(C#N)C(=O)NN. The van der Waals surface area contributed by atoms with E-state index in [0.29, 0.717) is 0 Å². The molecule has 0 aromatic heterocycles. The van der Waals surface area contributed by atoms with Gasteiger partial charge in [0.15, 0.2) is 0 Å². The molecule has 0 saturated heterocycles. The third-order valence-corrected chi connectivity index (χ3v) is 1.19. The molecule has 0 aromatic carbocycles. The highest BCUT2D eigenvalue weighted by Gasteiger charge is 2.19. The van der Waals surface area contributed by atoms with Crippen LogP contribution in [0.5, 0.6) is 0 Å². The Kier molecular flexibility index (Phi) is 4.36. The van der Waals surface area contributed by atoms with Gasteiger partial charge in [0.2, 0.25) is 0 Å². The van der Waals surface area contributed by atoms with Gasteiger partial charge in [-0.1, -0.05) is 0 Å². The highest BCUT2D eigenvalue weighted by molar-refractivity contribution is 6.09. The van der Waals surface area contributed by atoms with Crippen LogP contribution in [-0.2, 0) is 9.59 Å². The first-order valence-electron chi connectivity index (χ1n) is 3.18. The van der Waals surface area contributed by atoms with Crippen LogP contribution >= 0.6 is 0 Å². The van der Waals surface area contributed by atoms with Gasteiger partial charge in [0.25, 0.3) is 11.8 Å². The Morgan fingerprint density at radius 3 is 1.36 bits per heavy atom. The average molecular weight is 194 g/mol. The van der Waals surface area contributed by atoms with E-state index in [1.807, 2.05) is 0 Å². The standard InChI is InChI=1S/C6H6N6O2/c7-1-3(5(13)11-9)4(2-8)6(14)12-10/h9-10H2,(H,11,13)(H,12,14). The van der Waals surface area contributed by atoms with Crippen molar-refractivity contribution >= 4 is 11.8 Å². The smallest absolute Gasteiger partial charge is 0.277 e. The van der Waals surface area contributed by atoms with E-state index in [-0.39, 0.29) is 0 Å². The topological polar surface area (TPSA) is 158 Å². The van der Waals surface area contributed by atoms with Crippen LogP contribution in [0.25, 0.3) is 0 Å². The molecule has 0 aliphatic rings. The Balaban J connectivity index is 5.40. The monoisotopic (exact) mass is 194 g/mol. The lowest BCUT2D eigenvalue weighted by Gasteiger charge is -1.99. The van der Waals surface area contributed by atoms with E-state index in [1.54, 1.807) is 10.9 Å². The lowest BCUT2D eigenvalue weighted by molar-refractivity contribution is -0.119. The summed E-state index contributed by atoms with van der Waals surface area (Å²) in [7, 11) is 0. The molecule has 0 fully saturated rings. The van der Waals surface area contributed by atoms with Gasteiger partial charge in [0, 0.05) is 0 Å². The van der Waals surface area contributed by atoms with Crippen LogP contribution in [0, 0.1) is 22.7 Å². The van der Waals surface area contributed by atoms with Gasteiger partial charge in [0.05, 0.1) is 0 Å². The van der Waals surface area contributed by atoms with Crippen molar-refractivity contribution in [1.82, 2.24) is 10.9 Å². The molecule has 2 amide bonds. The summed E-state index contributed by atoms with van der Waals surface area (Å²) in [6.45, 7) is 0. The van der Waals surface area contributed by atoms with Crippen molar-refractivity contribution in [3.05, 3.63) is 11.1 Å². The fourth-order valence-corrected chi connectivity index (χ4v) is 0.585. The second-order valence-corrected chi connectivity index (χ2v) is 1.92. The first-order valence-corrected chi connectivity index (χ1v) is 3.18. The largest absolute Gasteiger partial charge is 0.289 e. The van der Waals surface area contributed by atoms with Gasteiger partial charge < -0.3 is 0 Å². The van der Waals surface area contributed by atoms with Crippen LogP contribution in [0.15, 0.2) is 11.1 Å². The number of carbonyl (C=O) groups excluding carboxylic acids is 2. The first-order chi connectivity index (χ1) is 6.62. The van der Waals surface area contributed by atoms with E-state index in [4.69, 9.17) is 22.2 Å². The molecule has 0 heterocycles. The summed E-state index contributed by atoms with van der Waals surface area (Å²) >= 11 is 0. The minimum Gasteiger partial charge on any atom is -0.289 e. The van der Waals surface area contributed by atoms with Gasteiger partial charge in [-0.25, -0.2) is 11.7 Å². The normalized spacial score (nSPS) is 10.3. The maximum absolute atomic E-state index is 10.9. The quantitative estimate of drug-likeness (QED) is 0.123. The van der Waals surface area contributed by atoms with E-state index in [0.717, 1.165) is 0 Å². The molecule has 8 heteroatoms. The first kappa shape index (κ1) is 11.6. The van der Waals surface area contributed by atoms with E-state index < -0.39 is 23.0 Å². The van der Waals surface area contributed by atoms with Crippen molar-refractivity contribution in [2.45, 2.75) is 0 Å². The minimum absolute atomic E-state index is 0.696. The number of rotatable bonds is 2. The fourth-order valence-electron chi connectivity index (χ4n) is 0.585. The fraction of sp³-hybridized carbons (Fsp3) is 0. The van der Waals surface area contributed by atoms with Crippen LogP contribution in [0.3, 0.4) is 0 Å². The molecule has 0 radical (unpaired) electrons. The molecular weight excluding hydrogens is 188 g/mol. The van der Waals surface area contributed by atoms with Gasteiger partial charge in [-0.3, -0.25) is 20.4 Å². The number of nitrogens with zero attached hydrogens (tertiary/aromatic N) is 2. The third-order valence-electron chi connectivity index (χ3n) is 1.19. The summed E-state index contributed by atoms with van der Waals surface area (Å²) in [5.41, 5.74) is 1.84. The predicted molar refractivity (Wildman–Crippen MR) is 42.9 cm³/mol. The predicted octanol–water partition coefficient (Wildman–Crippen LogP) is -2.69. The zero-order valence-corrected chi connectivity index (χ0v) is 6.87. The van der Waals surface area contributed by atoms with E-state index >= 15 is 0 Å². The molecule has 0 unspecified atom stereocenters. The number of nitrogens with one attached hydrogen (secondary N) is 2. The van der Waals surface area contributed by atoms with Crippen molar-refractivity contribution < 1.29 is 9.59 Å². The summed E-state index contributed by atoms with van der Waals surface area (Å²) < 4.78 is 0. The molecule has 6 N–H and O–H groups in total. The lowest BCUT2D eigenvalue weighted by atomic mass is 10.1. The highest BCUT2D eigenvalue weighted by Crippen LogP contribution is 2.02. The summed E-state index contributed by atoms with van der Waals surface area (Å²) in [5, 5.41) is 17.0. The van der Waals surface area contributed by atoms with Crippen molar-refractivity contribution in [1.29, 1.82) is 10.5 Å². The number of nitriles is 2. The lowest BCUT2D eigenvalue weighted by Crippen LogP contribution is -2.36. The van der Waals surface area contributed by atoms with Gasteiger partial charge in [-0.2, -0.15) is 10.5 Å². The van der Waals surface area contributed by atoms with Crippen molar-refractivity contribution in [3.8, 4) is 12.1 Å². The molecule has 0 saturated carbocycles. The van der Waals surface area contributed by atoms with Crippen LogP contribution in [0.4, 0.5) is 0 Å². The number of nitrogens with two attached hydrogens (primary N) is 2. The number of carbonyl (C=O) groups is 2. The Hall–Kier alpha value is -2.42. The molecule has 0 bridgehead atoms. The van der Waals surface area contributed by atoms with E-state index in [2.05, 4.69) is 0 Å². The summed E-state index contributed by atoms with van der Waals surface area (Å²) in [6, 6.07) is 2.74. The third kappa shape index (κ3) is 2.28. The number of hydrogen-bond donors (Lipinski definition) is 4. The number of hydrogen-bond acceptors (Lipinski definition) is 6. The van der Waals surface area contributed by atoms with Crippen molar-refractivity contribution in [2.75, 3.05) is 0 Å². The van der Waals surface area contributed by atoms with Crippen molar-refractivity contribution in [3.63, 3.8) is 0 Å². The number of amides is 2. The zero-order valence-electron chi connectivity index (χ0n) is 6.87. The van der Waals surface area contributed by atoms with Crippen LogP contribution in [-0.4, -0.2) is 11.8 Å². The van der Waals surface area contributed by atoms with Crippen LogP contribution in [0.1, 0.15) is 0 Å². The molecule has 72 valence electrons. The Morgan fingerprint density at radius 2 is 1.21 bits per heavy atom. The minimum atomic E-state index is -1.03. The summed E-state index contributed by atoms with van der Waals surface area (Å²) in [6.07, 6.45) is 0. The van der Waals surface area contributed by atoms with Crippen molar-refractivity contribution in [2.24, 2.45) is 11.7 Å². The molecule has 0 spiro atoms. The molecule has 8 nitrogen and oxygen atoms in total. The van der Waals surface area contributed by atoms with Gasteiger partial charge >= 0.3 is 0 Å². The maximum atomic E-state index is 10.9. The zero-order chi connectivity index (χ0) is 11.1. The van der Waals surface area contributed by atoms with Gasteiger partial charge in [-0.15, -0.1) is 0 Å². The van der Waals surface area contributed by atoms with Crippen LogP contribution in [0.2, 0.25) is 0 Å². The molecule has 0 aliphatic heterocycles. The average Bonchev–Trinajstić information content (AvgIpc) is 2.23. The second kappa shape index (κ2) is 5.27. The highest BCUT2D eigenvalue weighted by atomic mass is 16.2.